The van der Waals surface area contributed by atoms with Crippen molar-refractivity contribution in [3.05, 3.63) is 29.8 Å². The van der Waals surface area contributed by atoms with Crippen LogP contribution in [0.5, 0.6) is 5.75 Å². The Morgan fingerprint density at radius 1 is 1.37 bits per heavy atom. The number of hydrogen-bond donors (Lipinski definition) is 1. The lowest BCUT2D eigenvalue weighted by Gasteiger charge is -2.22. The molecule has 0 radical (unpaired) electrons. The highest BCUT2D eigenvalue weighted by atomic mass is 16.5. The molecule has 0 bridgehead atoms. The van der Waals surface area contributed by atoms with Gasteiger partial charge in [0.1, 0.15) is 5.75 Å². The van der Waals surface area contributed by atoms with E-state index >= 15 is 0 Å². The first-order valence-electron chi connectivity index (χ1n) is 6.23. The number of carbonyl (C=O) groups is 2. The average Bonchev–Trinajstić information content (AvgIpc) is 2.73. The predicted molar refractivity (Wildman–Crippen MR) is 69.2 cm³/mol. The van der Waals surface area contributed by atoms with Crippen molar-refractivity contribution in [3.63, 3.8) is 0 Å². The van der Waals surface area contributed by atoms with Crippen LogP contribution in [0.15, 0.2) is 24.3 Å². The molecule has 1 amide bonds. The minimum absolute atomic E-state index is 0.0176. The van der Waals surface area contributed by atoms with Crippen molar-refractivity contribution in [2.75, 3.05) is 13.6 Å². The summed E-state index contributed by atoms with van der Waals surface area (Å²) in [6, 6.07) is 7.58. The SMILES string of the molecule is C[C@H]1c2ccccc2O[C@@H]1C(=O)N(C)CCC(=O)O. The van der Waals surface area contributed by atoms with E-state index in [1.165, 1.54) is 4.90 Å². The van der Waals surface area contributed by atoms with E-state index in [9.17, 15) is 9.59 Å². The molecule has 2 rings (SSSR count). The third-order valence-corrected chi connectivity index (χ3v) is 3.40. The molecule has 0 spiro atoms. The summed E-state index contributed by atoms with van der Waals surface area (Å²) in [4.78, 5) is 24.2. The summed E-state index contributed by atoms with van der Waals surface area (Å²) in [6.45, 7) is 2.14. The summed E-state index contributed by atoms with van der Waals surface area (Å²) < 4.78 is 5.67. The van der Waals surface area contributed by atoms with Gasteiger partial charge in [0.25, 0.3) is 5.91 Å². The molecular weight excluding hydrogens is 246 g/mol. The zero-order chi connectivity index (χ0) is 14.0. The summed E-state index contributed by atoms with van der Waals surface area (Å²) in [5.74, 6) is -0.371. The minimum Gasteiger partial charge on any atom is -0.481 e. The van der Waals surface area contributed by atoms with Crippen LogP contribution in [0.4, 0.5) is 0 Å². The van der Waals surface area contributed by atoms with Crippen molar-refractivity contribution in [2.24, 2.45) is 0 Å². The van der Waals surface area contributed by atoms with Gasteiger partial charge in [-0.2, -0.15) is 0 Å². The van der Waals surface area contributed by atoms with Crippen molar-refractivity contribution in [2.45, 2.75) is 25.4 Å². The first-order chi connectivity index (χ1) is 9.00. The zero-order valence-corrected chi connectivity index (χ0v) is 11.0. The van der Waals surface area contributed by atoms with Crippen LogP contribution in [0.25, 0.3) is 0 Å². The molecule has 1 aliphatic heterocycles. The van der Waals surface area contributed by atoms with E-state index < -0.39 is 12.1 Å². The van der Waals surface area contributed by atoms with Crippen LogP contribution < -0.4 is 4.74 Å². The fraction of sp³-hybridized carbons (Fsp3) is 0.429. The average molecular weight is 263 g/mol. The summed E-state index contributed by atoms with van der Waals surface area (Å²) in [5, 5.41) is 8.63. The van der Waals surface area contributed by atoms with Gasteiger partial charge in [0.2, 0.25) is 0 Å². The summed E-state index contributed by atoms with van der Waals surface area (Å²) in [7, 11) is 1.60. The maximum Gasteiger partial charge on any atom is 0.305 e. The fourth-order valence-electron chi connectivity index (χ4n) is 2.22. The topological polar surface area (TPSA) is 66.8 Å². The first kappa shape index (κ1) is 13.4. The number of amides is 1. The second-order valence-corrected chi connectivity index (χ2v) is 4.77. The minimum atomic E-state index is -0.914. The largest absolute Gasteiger partial charge is 0.481 e. The van der Waals surface area contributed by atoms with Crippen LogP contribution >= 0.6 is 0 Å². The Bertz CT molecular complexity index is 500. The molecule has 1 aliphatic rings. The molecule has 5 heteroatoms. The maximum atomic E-state index is 12.2. The van der Waals surface area contributed by atoms with Gasteiger partial charge in [-0.1, -0.05) is 25.1 Å². The van der Waals surface area contributed by atoms with Crippen LogP contribution in [0, 0.1) is 0 Å². The van der Waals surface area contributed by atoms with Gasteiger partial charge < -0.3 is 14.7 Å². The molecule has 1 aromatic rings. The number of nitrogens with zero attached hydrogens (tertiary/aromatic N) is 1. The highest BCUT2D eigenvalue weighted by molar-refractivity contribution is 5.83. The molecule has 0 fully saturated rings. The Labute approximate surface area is 111 Å². The summed E-state index contributed by atoms with van der Waals surface area (Å²) in [6.07, 6.45) is -0.618. The molecule has 0 aromatic heterocycles. The number of fused-ring (bicyclic) bond motifs is 1. The second-order valence-electron chi connectivity index (χ2n) is 4.77. The lowest BCUT2D eigenvalue weighted by molar-refractivity contribution is -0.140. The summed E-state index contributed by atoms with van der Waals surface area (Å²) in [5.41, 5.74) is 1.02. The van der Waals surface area contributed by atoms with Gasteiger partial charge in [-0.3, -0.25) is 9.59 Å². The van der Waals surface area contributed by atoms with Crippen LogP contribution in [0.1, 0.15) is 24.8 Å². The van der Waals surface area contributed by atoms with Crippen LogP contribution in [0.3, 0.4) is 0 Å². The number of carboxylic acids is 1. The van der Waals surface area contributed by atoms with Gasteiger partial charge in [-0.25, -0.2) is 0 Å². The molecule has 102 valence electrons. The molecule has 0 saturated carbocycles. The van der Waals surface area contributed by atoms with Gasteiger partial charge in [-0.05, 0) is 6.07 Å². The Hall–Kier alpha value is -2.04. The normalized spacial score (nSPS) is 20.5. The Morgan fingerprint density at radius 2 is 2.05 bits per heavy atom. The molecule has 1 aromatic carbocycles. The van der Waals surface area contributed by atoms with E-state index in [2.05, 4.69) is 0 Å². The third-order valence-electron chi connectivity index (χ3n) is 3.40. The monoisotopic (exact) mass is 263 g/mol. The van der Waals surface area contributed by atoms with Gasteiger partial charge in [0.15, 0.2) is 6.10 Å². The van der Waals surface area contributed by atoms with Crippen molar-refractivity contribution in [1.82, 2.24) is 4.90 Å². The summed E-state index contributed by atoms with van der Waals surface area (Å²) >= 11 is 0. The van der Waals surface area contributed by atoms with Gasteiger partial charge in [0.05, 0.1) is 6.42 Å². The number of carboxylic acid groups (broad SMARTS) is 1. The van der Waals surface area contributed by atoms with E-state index in [4.69, 9.17) is 9.84 Å². The van der Waals surface area contributed by atoms with E-state index in [0.717, 1.165) is 11.3 Å². The number of rotatable bonds is 4. The molecule has 2 atom stereocenters. The van der Waals surface area contributed by atoms with E-state index in [0.29, 0.717) is 0 Å². The van der Waals surface area contributed by atoms with Crippen molar-refractivity contribution < 1.29 is 19.4 Å². The molecule has 1 N–H and O–H groups in total. The smallest absolute Gasteiger partial charge is 0.305 e. The Balaban J connectivity index is 2.04. The van der Waals surface area contributed by atoms with Crippen LogP contribution in [-0.2, 0) is 9.59 Å². The van der Waals surface area contributed by atoms with Crippen LogP contribution in [-0.4, -0.2) is 41.6 Å². The lowest BCUT2D eigenvalue weighted by Crippen LogP contribution is -2.41. The van der Waals surface area contributed by atoms with E-state index in [-0.39, 0.29) is 24.8 Å². The number of carbonyl (C=O) groups excluding carboxylic acids is 1. The molecule has 0 aliphatic carbocycles. The number of aliphatic carboxylic acids is 1. The van der Waals surface area contributed by atoms with Gasteiger partial charge in [0, 0.05) is 25.1 Å². The first-order valence-corrected chi connectivity index (χ1v) is 6.23. The molecule has 0 saturated heterocycles. The highest BCUT2D eigenvalue weighted by Gasteiger charge is 2.37. The number of ether oxygens (including phenoxy) is 1. The number of likely N-dealkylation sites (N-methyl/N-ethyl adjacent to an activating group) is 1. The molecule has 1 heterocycles. The zero-order valence-electron chi connectivity index (χ0n) is 11.0. The Morgan fingerprint density at radius 3 is 2.68 bits per heavy atom. The quantitative estimate of drug-likeness (QED) is 0.893. The lowest BCUT2D eigenvalue weighted by atomic mass is 9.97. The van der Waals surface area contributed by atoms with Gasteiger partial charge >= 0.3 is 5.97 Å². The molecule has 19 heavy (non-hydrogen) atoms. The van der Waals surface area contributed by atoms with E-state index in [1.54, 1.807) is 7.05 Å². The molecule has 5 nitrogen and oxygen atoms in total. The van der Waals surface area contributed by atoms with Crippen molar-refractivity contribution in [1.29, 1.82) is 0 Å². The van der Waals surface area contributed by atoms with Crippen molar-refractivity contribution >= 4 is 11.9 Å². The number of benzene rings is 1. The standard InChI is InChI=1S/C14H17NO4/c1-9-10-5-3-4-6-11(10)19-13(9)14(18)15(2)8-7-12(16)17/h3-6,9,13H,7-8H2,1-2H3,(H,16,17)/t9-,13-/m0/s1. The predicted octanol–water partition coefficient (Wildman–Crippen LogP) is 1.48. The highest BCUT2D eigenvalue weighted by Crippen LogP contribution is 2.38. The number of hydrogen-bond acceptors (Lipinski definition) is 3. The van der Waals surface area contributed by atoms with E-state index in [1.807, 2.05) is 31.2 Å². The van der Waals surface area contributed by atoms with Gasteiger partial charge in [-0.15, -0.1) is 0 Å². The fourth-order valence-corrected chi connectivity index (χ4v) is 2.22. The molecular formula is C14H17NO4. The third kappa shape index (κ3) is 2.70. The molecule has 0 unspecified atom stereocenters. The van der Waals surface area contributed by atoms with Crippen molar-refractivity contribution in [3.8, 4) is 5.75 Å². The second kappa shape index (κ2) is 5.30. The Kier molecular flexibility index (Phi) is 3.74. The maximum absolute atomic E-state index is 12.2. The number of para-hydroxylation sites is 1. The van der Waals surface area contributed by atoms with Crippen LogP contribution in [0.2, 0.25) is 0 Å².